The minimum Gasteiger partial charge on any atom is -0.388 e. The van der Waals surface area contributed by atoms with Crippen LogP contribution in [0, 0.1) is 11.3 Å². The Morgan fingerprint density at radius 3 is 2.74 bits per heavy atom. The topological polar surface area (TPSA) is 80.2 Å². The first kappa shape index (κ1) is 15.5. The smallest absolute Gasteiger partial charge is 0.263 e. The van der Waals surface area contributed by atoms with E-state index in [1.807, 2.05) is 19.9 Å². The lowest BCUT2D eigenvalue weighted by molar-refractivity contribution is -0.117. The first-order valence-corrected chi connectivity index (χ1v) is 6.71. The normalized spacial score (nSPS) is 17.1. The SMILES string of the molecule is CC(C)NC(=O)/C(C#N)=C\NCCN1CCNCC1. The van der Waals surface area contributed by atoms with E-state index in [4.69, 9.17) is 5.26 Å². The summed E-state index contributed by atoms with van der Waals surface area (Å²) < 4.78 is 0. The van der Waals surface area contributed by atoms with E-state index in [9.17, 15) is 4.79 Å². The van der Waals surface area contributed by atoms with Gasteiger partial charge in [0, 0.05) is 51.5 Å². The summed E-state index contributed by atoms with van der Waals surface area (Å²) in [4.78, 5) is 14.0. The van der Waals surface area contributed by atoms with Gasteiger partial charge in [-0.3, -0.25) is 9.69 Å². The van der Waals surface area contributed by atoms with Crippen LogP contribution in [0.25, 0.3) is 0 Å². The van der Waals surface area contributed by atoms with Crippen molar-refractivity contribution in [3.05, 3.63) is 11.8 Å². The highest BCUT2D eigenvalue weighted by Gasteiger charge is 2.10. The third-order valence-corrected chi connectivity index (χ3v) is 2.81. The van der Waals surface area contributed by atoms with E-state index >= 15 is 0 Å². The predicted molar refractivity (Wildman–Crippen MR) is 74.3 cm³/mol. The van der Waals surface area contributed by atoms with Gasteiger partial charge in [0.25, 0.3) is 5.91 Å². The molecule has 0 aromatic heterocycles. The van der Waals surface area contributed by atoms with Crippen LogP contribution in [0.3, 0.4) is 0 Å². The third kappa shape index (κ3) is 6.22. The molecule has 0 aliphatic carbocycles. The van der Waals surface area contributed by atoms with Crippen LogP contribution in [0.1, 0.15) is 13.8 Å². The van der Waals surface area contributed by atoms with Crippen molar-refractivity contribution in [1.29, 1.82) is 5.26 Å². The van der Waals surface area contributed by atoms with Gasteiger partial charge in [-0.1, -0.05) is 0 Å². The molecule has 0 atom stereocenters. The fourth-order valence-corrected chi connectivity index (χ4v) is 1.82. The van der Waals surface area contributed by atoms with Gasteiger partial charge in [0.05, 0.1) is 0 Å². The van der Waals surface area contributed by atoms with E-state index < -0.39 is 0 Å². The number of hydrogen-bond acceptors (Lipinski definition) is 5. The lowest BCUT2D eigenvalue weighted by Gasteiger charge is -2.26. The second kappa shape index (κ2) is 8.51. The van der Waals surface area contributed by atoms with E-state index in [1.54, 1.807) is 0 Å². The molecule has 106 valence electrons. The molecule has 6 nitrogen and oxygen atoms in total. The van der Waals surface area contributed by atoms with Gasteiger partial charge in [-0.05, 0) is 13.8 Å². The monoisotopic (exact) mass is 265 g/mol. The molecule has 1 amide bonds. The number of nitrogens with zero attached hydrogens (tertiary/aromatic N) is 2. The van der Waals surface area contributed by atoms with Crippen LogP contribution in [-0.2, 0) is 4.79 Å². The van der Waals surface area contributed by atoms with Crippen molar-refractivity contribution >= 4 is 5.91 Å². The maximum atomic E-state index is 11.6. The number of amides is 1. The molecule has 3 N–H and O–H groups in total. The Bertz CT molecular complexity index is 353. The van der Waals surface area contributed by atoms with Gasteiger partial charge in [0.2, 0.25) is 0 Å². The van der Waals surface area contributed by atoms with Gasteiger partial charge in [0.15, 0.2) is 0 Å². The Morgan fingerprint density at radius 2 is 2.16 bits per heavy atom. The summed E-state index contributed by atoms with van der Waals surface area (Å²) in [7, 11) is 0. The first-order chi connectivity index (χ1) is 9.13. The zero-order valence-electron chi connectivity index (χ0n) is 11.7. The van der Waals surface area contributed by atoms with Gasteiger partial charge in [-0.2, -0.15) is 5.26 Å². The molecule has 19 heavy (non-hydrogen) atoms. The zero-order chi connectivity index (χ0) is 14.1. The molecule has 0 radical (unpaired) electrons. The van der Waals surface area contributed by atoms with Crippen molar-refractivity contribution in [2.24, 2.45) is 0 Å². The van der Waals surface area contributed by atoms with Gasteiger partial charge in [-0.25, -0.2) is 0 Å². The zero-order valence-corrected chi connectivity index (χ0v) is 11.7. The fourth-order valence-electron chi connectivity index (χ4n) is 1.82. The van der Waals surface area contributed by atoms with E-state index in [0.29, 0.717) is 0 Å². The van der Waals surface area contributed by atoms with E-state index in [2.05, 4.69) is 20.9 Å². The lowest BCUT2D eigenvalue weighted by Crippen LogP contribution is -2.45. The summed E-state index contributed by atoms with van der Waals surface area (Å²) >= 11 is 0. The van der Waals surface area contributed by atoms with Crippen molar-refractivity contribution in [3.63, 3.8) is 0 Å². The second-order valence-corrected chi connectivity index (χ2v) is 4.84. The van der Waals surface area contributed by atoms with E-state index in [-0.39, 0.29) is 17.5 Å². The highest BCUT2D eigenvalue weighted by atomic mass is 16.1. The lowest BCUT2D eigenvalue weighted by atomic mass is 10.2. The van der Waals surface area contributed by atoms with Crippen LogP contribution >= 0.6 is 0 Å². The minimum atomic E-state index is -0.327. The molecular weight excluding hydrogens is 242 g/mol. The number of nitrogens with one attached hydrogen (secondary N) is 3. The number of rotatable bonds is 6. The quantitative estimate of drug-likeness (QED) is 0.340. The number of nitriles is 1. The van der Waals surface area contributed by atoms with E-state index in [0.717, 1.165) is 39.3 Å². The minimum absolute atomic E-state index is 0.0325. The second-order valence-electron chi connectivity index (χ2n) is 4.84. The van der Waals surface area contributed by atoms with Crippen LogP contribution in [-0.4, -0.2) is 56.1 Å². The molecule has 0 aromatic carbocycles. The maximum absolute atomic E-state index is 11.6. The molecule has 1 heterocycles. The van der Waals surface area contributed by atoms with Gasteiger partial charge in [0.1, 0.15) is 11.6 Å². The number of piperazine rings is 1. The first-order valence-electron chi connectivity index (χ1n) is 6.71. The van der Waals surface area contributed by atoms with Crippen molar-refractivity contribution in [2.45, 2.75) is 19.9 Å². The number of carbonyl (C=O) groups is 1. The fraction of sp³-hybridized carbons (Fsp3) is 0.692. The van der Waals surface area contributed by atoms with Crippen LogP contribution < -0.4 is 16.0 Å². The Hall–Kier alpha value is -1.58. The summed E-state index contributed by atoms with van der Waals surface area (Å²) in [6, 6.07) is 1.94. The van der Waals surface area contributed by atoms with Crippen molar-refractivity contribution in [2.75, 3.05) is 39.3 Å². The Labute approximate surface area is 114 Å². The summed E-state index contributed by atoms with van der Waals surface area (Å²) in [5.41, 5.74) is 0.119. The summed E-state index contributed by atoms with van der Waals surface area (Å²) in [6.07, 6.45) is 1.50. The molecule has 0 saturated carbocycles. The van der Waals surface area contributed by atoms with E-state index in [1.165, 1.54) is 6.20 Å². The Balaban J connectivity index is 2.28. The van der Waals surface area contributed by atoms with Crippen molar-refractivity contribution in [1.82, 2.24) is 20.9 Å². The maximum Gasteiger partial charge on any atom is 0.263 e. The van der Waals surface area contributed by atoms with Gasteiger partial charge in [-0.15, -0.1) is 0 Å². The molecule has 1 aliphatic heterocycles. The summed E-state index contributed by atoms with van der Waals surface area (Å²) in [6.45, 7) is 9.53. The molecule has 1 rings (SSSR count). The van der Waals surface area contributed by atoms with Gasteiger partial charge < -0.3 is 16.0 Å². The van der Waals surface area contributed by atoms with Crippen LogP contribution in [0.4, 0.5) is 0 Å². The molecule has 0 bridgehead atoms. The molecule has 6 heteroatoms. The highest BCUT2D eigenvalue weighted by molar-refractivity contribution is 5.97. The largest absolute Gasteiger partial charge is 0.388 e. The molecule has 0 unspecified atom stereocenters. The summed E-state index contributed by atoms with van der Waals surface area (Å²) in [5.74, 6) is -0.327. The Kier molecular flexibility index (Phi) is 6.93. The number of carbonyl (C=O) groups excluding carboxylic acids is 1. The van der Waals surface area contributed by atoms with Crippen molar-refractivity contribution < 1.29 is 4.79 Å². The van der Waals surface area contributed by atoms with Crippen LogP contribution in [0.5, 0.6) is 0 Å². The Morgan fingerprint density at radius 1 is 1.47 bits per heavy atom. The molecule has 0 spiro atoms. The van der Waals surface area contributed by atoms with Crippen LogP contribution in [0.15, 0.2) is 11.8 Å². The third-order valence-electron chi connectivity index (χ3n) is 2.81. The average molecular weight is 265 g/mol. The summed E-state index contributed by atoms with van der Waals surface area (Å²) in [5, 5.41) is 17.9. The number of hydrogen-bond donors (Lipinski definition) is 3. The van der Waals surface area contributed by atoms with Crippen molar-refractivity contribution in [3.8, 4) is 6.07 Å². The molecule has 0 aromatic rings. The van der Waals surface area contributed by atoms with Gasteiger partial charge >= 0.3 is 0 Å². The molecule has 1 aliphatic rings. The van der Waals surface area contributed by atoms with Crippen LogP contribution in [0.2, 0.25) is 0 Å². The molecule has 1 fully saturated rings. The molecule has 1 saturated heterocycles. The highest BCUT2D eigenvalue weighted by Crippen LogP contribution is 1.93. The molecular formula is C13H23N5O. The standard InChI is InChI=1S/C13H23N5O/c1-11(2)17-13(19)12(9-14)10-16-5-8-18-6-3-15-4-7-18/h10-11,15-16H,3-8H2,1-2H3,(H,17,19)/b12-10-. The average Bonchev–Trinajstić information content (AvgIpc) is 2.39. The predicted octanol–water partition coefficient (Wildman–Crippen LogP) is -0.587.